The topological polar surface area (TPSA) is 122 Å². The summed E-state index contributed by atoms with van der Waals surface area (Å²) in [6.45, 7) is 2.52. The summed E-state index contributed by atoms with van der Waals surface area (Å²) in [5, 5.41) is 17.4. The molecule has 1 aromatic carbocycles. The zero-order valence-corrected chi connectivity index (χ0v) is 22.9. The number of ketones is 1. The fraction of sp³-hybridized carbons (Fsp3) is 0.367. The zero-order valence-electron chi connectivity index (χ0n) is 22.9. The van der Waals surface area contributed by atoms with Gasteiger partial charge in [-0.05, 0) is 43.5 Å². The highest BCUT2D eigenvalue weighted by Gasteiger charge is 2.36. The van der Waals surface area contributed by atoms with Gasteiger partial charge in [0.1, 0.15) is 12.4 Å². The molecule has 2 unspecified atom stereocenters. The Balaban J connectivity index is 1.40. The maximum absolute atomic E-state index is 14.3. The molecule has 0 radical (unpaired) electrons. The van der Waals surface area contributed by atoms with Crippen molar-refractivity contribution in [1.82, 2.24) is 24.5 Å². The third-order valence-electron chi connectivity index (χ3n) is 8.15. The van der Waals surface area contributed by atoms with E-state index in [1.807, 2.05) is 19.1 Å². The van der Waals surface area contributed by atoms with Gasteiger partial charge in [0.15, 0.2) is 23.0 Å². The van der Waals surface area contributed by atoms with E-state index < -0.39 is 12.4 Å². The number of hydrogen-bond donors (Lipinski definition) is 2. The molecule has 2 aliphatic heterocycles. The fourth-order valence-electron chi connectivity index (χ4n) is 6.02. The molecule has 11 heteroatoms. The number of likely N-dealkylation sites (tertiary alicyclic amines) is 1. The van der Waals surface area contributed by atoms with Crippen LogP contribution < -0.4 is 10.1 Å². The van der Waals surface area contributed by atoms with Crippen LogP contribution in [0.4, 0.5) is 10.2 Å². The Bertz CT molecular complexity index is 1640. The normalized spacial score (nSPS) is 18.7. The molecule has 2 atom stereocenters. The van der Waals surface area contributed by atoms with Crippen LogP contribution in [0.5, 0.6) is 5.75 Å². The average molecular weight is 559 g/mol. The van der Waals surface area contributed by atoms with E-state index >= 15 is 0 Å². The summed E-state index contributed by atoms with van der Waals surface area (Å²) in [5.41, 5.74) is 4.67. The Morgan fingerprint density at radius 3 is 2.76 bits per heavy atom. The minimum absolute atomic E-state index is 0.0276. The summed E-state index contributed by atoms with van der Waals surface area (Å²) < 4.78 is 21.0. The Labute approximate surface area is 236 Å². The van der Waals surface area contributed by atoms with Gasteiger partial charge in [0.05, 0.1) is 30.3 Å². The summed E-state index contributed by atoms with van der Waals surface area (Å²) >= 11 is 0. The standard InChI is InChI=1S/C30H31FN6O4/c1-3-20-12-18(9-11-36(20)26(40)16-38)28-27-24(39)8-10-32-30(27)37-29(35-28)21(15-34-37)19-4-6-23(33-14-19)17-5-7-25(41-2)22(31)13-17/h4-7,13-15,18,20,32,38H,3,8-12,16H2,1-2H3. The summed E-state index contributed by atoms with van der Waals surface area (Å²) in [5.74, 6) is 0.0693. The van der Waals surface area contributed by atoms with E-state index in [-0.39, 0.29) is 29.4 Å². The SMILES string of the molecule is CCC1CC(c2nc3c(-c4ccc(-c5ccc(OC)c(F)c5)nc4)cnn3c3c2C(=O)CCN3)CCN1C(=O)CO. The number of carbonyl (C=O) groups is 2. The number of ether oxygens (including phenoxy) is 1. The van der Waals surface area contributed by atoms with Crippen molar-refractivity contribution in [2.24, 2.45) is 0 Å². The van der Waals surface area contributed by atoms with E-state index in [9.17, 15) is 19.1 Å². The molecular weight excluding hydrogens is 527 g/mol. The summed E-state index contributed by atoms with van der Waals surface area (Å²) in [4.78, 5) is 36.9. The number of anilines is 1. The van der Waals surface area contributed by atoms with Crippen LogP contribution in [0.25, 0.3) is 28.0 Å². The van der Waals surface area contributed by atoms with Crippen molar-refractivity contribution in [3.63, 3.8) is 0 Å². The number of aromatic nitrogens is 4. The van der Waals surface area contributed by atoms with Crippen molar-refractivity contribution in [3.05, 3.63) is 59.8 Å². The van der Waals surface area contributed by atoms with Gasteiger partial charge in [0, 0.05) is 54.4 Å². The fourth-order valence-corrected chi connectivity index (χ4v) is 6.02. The first-order valence-corrected chi connectivity index (χ1v) is 13.8. The number of Topliss-reactive ketones (excluding diaryl/α,β-unsaturated/α-hetero) is 1. The molecule has 2 N–H and O–H groups in total. The number of pyridine rings is 1. The molecule has 6 rings (SSSR count). The van der Waals surface area contributed by atoms with E-state index in [1.54, 1.807) is 33.9 Å². The number of nitrogens with one attached hydrogen (secondary N) is 1. The maximum Gasteiger partial charge on any atom is 0.248 e. The number of nitrogens with zero attached hydrogens (tertiary/aromatic N) is 5. The van der Waals surface area contributed by atoms with Crippen LogP contribution in [0.15, 0.2) is 42.7 Å². The predicted molar refractivity (Wildman–Crippen MR) is 150 cm³/mol. The lowest BCUT2D eigenvalue weighted by Crippen LogP contribution is -2.46. The van der Waals surface area contributed by atoms with Gasteiger partial charge in [-0.15, -0.1) is 0 Å². The van der Waals surface area contributed by atoms with Gasteiger partial charge in [-0.2, -0.15) is 9.61 Å². The van der Waals surface area contributed by atoms with Gasteiger partial charge < -0.3 is 20.1 Å². The number of rotatable bonds is 6. The van der Waals surface area contributed by atoms with E-state index in [4.69, 9.17) is 9.72 Å². The van der Waals surface area contributed by atoms with Crippen molar-refractivity contribution in [1.29, 1.82) is 0 Å². The van der Waals surface area contributed by atoms with Gasteiger partial charge in [0.25, 0.3) is 0 Å². The molecule has 0 aliphatic carbocycles. The van der Waals surface area contributed by atoms with Crippen LogP contribution in [0, 0.1) is 5.82 Å². The van der Waals surface area contributed by atoms with Crippen LogP contribution in [-0.2, 0) is 4.79 Å². The molecule has 5 heterocycles. The van der Waals surface area contributed by atoms with E-state index in [2.05, 4.69) is 15.4 Å². The number of halogens is 1. The van der Waals surface area contributed by atoms with Gasteiger partial charge in [-0.1, -0.05) is 13.0 Å². The molecule has 0 bridgehead atoms. The number of aliphatic hydroxyl groups excluding tert-OH is 1. The lowest BCUT2D eigenvalue weighted by molar-refractivity contribution is -0.138. The van der Waals surface area contributed by atoms with Crippen molar-refractivity contribution in [2.45, 2.75) is 44.6 Å². The van der Waals surface area contributed by atoms with E-state index in [1.165, 1.54) is 13.2 Å². The van der Waals surface area contributed by atoms with Gasteiger partial charge in [-0.3, -0.25) is 14.6 Å². The van der Waals surface area contributed by atoms with Gasteiger partial charge in [-0.25, -0.2) is 9.37 Å². The first kappa shape index (κ1) is 26.8. The van der Waals surface area contributed by atoms with Crippen LogP contribution >= 0.6 is 0 Å². The largest absolute Gasteiger partial charge is 0.494 e. The molecule has 0 saturated carbocycles. The predicted octanol–water partition coefficient (Wildman–Crippen LogP) is 4.08. The highest BCUT2D eigenvalue weighted by atomic mass is 19.1. The Morgan fingerprint density at radius 1 is 1.22 bits per heavy atom. The number of piperidine rings is 1. The second kappa shape index (κ2) is 10.9. The minimum atomic E-state index is -0.511. The number of carbonyl (C=O) groups excluding carboxylic acids is 2. The molecule has 0 spiro atoms. The van der Waals surface area contributed by atoms with Crippen LogP contribution in [0.1, 0.15) is 54.6 Å². The third-order valence-corrected chi connectivity index (χ3v) is 8.15. The summed E-state index contributed by atoms with van der Waals surface area (Å²) in [7, 11) is 1.42. The first-order valence-electron chi connectivity index (χ1n) is 13.8. The molecular formula is C30H31FN6O4. The van der Waals surface area contributed by atoms with Gasteiger partial charge in [0.2, 0.25) is 5.91 Å². The molecule has 1 fully saturated rings. The minimum Gasteiger partial charge on any atom is -0.494 e. The highest BCUT2D eigenvalue weighted by Crippen LogP contribution is 2.39. The smallest absolute Gasteiger partial charge is 0.248 e. The number of amides is 1. The second-order valence-electron chi connectivity index (χ2n) is 10.4. The highest BCUT2D eigenvalue weighted by molar-refractivity contribution is 6.04. The number of benzene rings is 1. The lowest BCUT2D eigenvalue weighted by atomic mass is 9.83. The molecule has 2 aliphatic rings. The third kappa shape index (κ3) is 4.69. The monoisotopic (exact) mass is 558 g/mol. The number of methoxy groups -OCH3 is 1. The second-order valence-corrected chi connectivity index (χ2v) is 10.4. The van der Waals surface area contributed by atoms with Crippen molar-refractivity contribution in [2.75, 3.05) is 32.1 Å². The number of aliphatic hydroxyl groups is 1. The average Bonchev–Trinajstić information content (AvgIpc) is 3.44. The first-order chi connectivity index (χ1) is 19.9. The molecule has 212 valence electrons. The molecule has 1 saturated heterocycles. The lowest BCUT2D eigenvalue weighted by Gasteiger charge is -2.39. The van der Waals surface area contributed by atoms with Crippen molar-refractivity contribution < 1.29 is 23.8 Å². The summed E-state index contributed by atoms with van der Waals surface area (Å²) in [6, 6.07) is 8.39. The zero-order chi connectivity index (χ0) is 28.7. The summed E-state index contributed by atoms with van der Waals surface area (Å²) in [6.07, 6.45) is 5.84. The van der Waals surface area contributed by atoms with Gasteiger partial charge >= 0.3 is 0 Å². The molecule has 10 nitrogen and oxygen atoms in total. The molecule has 41 heavy (non-hydrogen) atoms. The van der Waals surface area contributed by atoms with E-state index in [0.717, 1.165) is 23.2 Å². The van der Waals surface area contributed by atoms with Crippen LogP contribution in [0.3, 0.4) is 0 Å². The Kier molecular flexibility index (Phi) is 7.12. The number of hydrogen-bond acceptors (Lipinski definition) is 8. The van der Waals surface area contributed by atoms with E-state index in [0.29, 0.717) is 60.6 Å². The Morgan fingerprint density at radius 2 is 2.05 bits per heavy atom. The molecule has 1 amide bonds. The van der Waals surface area contributed by atoms with Crippen LogP contribution in [0.2, 0.25) is 0 Å². The number of fused-ring (bicyclic) bond motifs is 3. The Hall–Kier alpha value is -4.38. The van der Waals surface area contributed by atoms with Crippen LogP contribution in [-0.4, -0.2) is 74.1 Å². The van der Waals surface area contributed by atoms with Crippen molar-refractivity contribution >= 4 is 23.2 Å². The maximum atomic E-state index is 14.3. The van der Waals surface area contributed by atoms with Crippen molar-refractivity contribution in [3.8, 4) is 28.1 Å². The molecule has 4 aromatic rings. The quantitative estimate of drug-likeness (QED) is 0.363. The molecule has 3 aromatic heterocycles.